The zero-order valence-corrected chi connectivity index (χ0v) is 12.6. The van der Waals surface area contributed by atoms with Gasteiger partial charge in [-0.05, 0) is 17.8 Å². The fourth-order valence-corrected chi connectivity index (χ4v) is 2.44. The topological polar surface area (TPSA) is 49.8 Å². The van der Waals surface area contributed by atoms with Crippen LogP contribution in [0.15, 0.2) is 71.5 Å². The zero-order valence-electron chi connectivity index (χ0n) is 11.8. The Labute approximate surface area is 133 Å². The Balaban J connectivity index is 1.83. The number of rotatable bonds is 3. The highest BCUT2D eigenvalue weighted by molar-refractivity contribution is 7.80. The lowest BCUT2D eigenvalue weighted by atomic mass is 10.1. The van der Waals surface area contributed by atoms with Crippen molar-refractivity contribution in [2.24, 2.45) is 0 Å². The van der Waals surface area contributed by atoms with E-state index in [1.54, 1.807) is 10.7 Å². The van der Waals surface area contributed by atoms with Crippen LogP contribution in [0.3, 0.4) is 0 Å². The minimum Gasteiger partial charge on any atom is -0.357 e. The fraction of sp³-hybridized carbons (Fsp3) is 0.0588. The van der Waals surface area contributed by atoms with Crippen LogP contribution in [-0.4, -0.2) is 14.9 Å². The monoisotopic (exact) mass is 309 g/mol. The van der Waals surface area contributed by atoms with Gasteiger partial charge >= 0.3 is 0 Å². The molecule has 0 aliphatic heterocycles. The summed E-state index contributed by atoms with van der Waals surface area (Å²) in [5, 5.41) is 6.36. The van der Waals surface area contributed by atoms with Crippen LogP contribution in [0.5, 0.6) is 0 Å². The summed E-state index contributed by atoms with van der Waals surface area (Å²) in [4.78, 5) is 11.7. The molecule has 0 aliphatic carbocycles. The minimum absolute atomic E-state index is 0.178. The van der Waals surface area contributed by atoms with E-state index < -0.39 is 0 Å². The fourth-order valence-electron chi connectivity index (χ4n) is 2.23. The molecule has 0 saturated heterocycles. The normalized spacial score (nSPS) is 10.4. The summed E-state index contributed by atoms with van der Waals surface area (Å²) < 4.78 is 1.61. The molecule has 0 aliphatic rings. The molecule has 0 spiro atoms. The van der Waals surface area contributed by atoms with E-state index in [1.807, 2.05) is 60.7 Å². The first-order chi connectivity index (χ1) is 10.7. The van der Waals surface area contributed by atoms with Gasteiger partial charge in [0.1, 0.15) is 0 Å². The first-order valence-corrected chi connectivity index (χ1v) is 7.34. The number of nitrogens with zero attached hydrogens (tertiary/aromatic N) is 1. The van der Waals surface area contributed by atoms with Gasteiger partial charge in [-0.15, -0.1) is 0 Å². The molecule has 0 amide bonds. The summed E-state index contributed by atoms with van der Waals surface area (Å²) in [5.74, 6) is 0. The van der Waals surface area contributed by atoms with Gasteiger partial charge in [-0.2, -0.15) is 0 Å². The van der Waals surface area contributed by atoms with Crippen LogP contribution in [0, 0.1) is 0 Å². The largest absolute Gasteiger partial charge is 0.357 e. The Kier molecular flexibility index (Phi) is 4.16. The first-order valence-electron chi connectivity index (χ1n) is 6.93. The predicted octanol–water partition coefficient (Wildman–Crippen LogP) is 2.77. The molecular weight excluding hydrogens is 294 g/mol. The average molecular weight is 309 g/mol. The average Bonchev–Trinajstić information content (AvgIpc) is 2.96. The van der Waals surface area contributed by atoms with Crippen LogP contribution in [0.25, 0.3) is 11.3 Å². The van der Waals surface area contributed by atoms with Gasteiger partial charge in [0.2, 0.25) is 0 Å². The van der Waals surface area contributed by atoms with Gasteiger partial charge in [-0.25, -0.2) is 4.68 Å². The van der Waals surface area contributed by atoms with Gasteiger partial charge in [0.15, 0.2) is 5.11 Å². The molecule has 3 aromatic rings. The number of thiocarbonyl (C=S) groups is 1. The summed E-state index contributed by atoms with van der Waals surface area (Å²) in [7, 11) is 0. The maximum Gasteiger partial charge on any atom is 0.265 e. The molecule has 0 radical (unpaired) electrons. The van der Waals surface area contributed by atoms with Gasteiger partial charge in [0.25, 0.3) is 5.56 Å². The lowest BCUT2D eigenvalue weighted by Crippen LogP contribution is -2.30. The summed E-state index contributed by atoms with van der Waals surface area (Å²) in [6.45, 7) is 0.605. The van der Waals surface area contributed by atoms with Gasteiger partial charge in [-0.1, -0.05) is 60.7 Å². The molecule has 1 heterocycles. The smallest absolute Gasteiger partial charge is 0.265 e. The number of benzene rings is 2. The maximum absolute atomic E-state index is 11.7. The van der Waals surface area contributed by atoms with E-state index in [-0.39, 0.29) is 5.56 Å². The van der Waals surface area contributed by atoms with Crippen molar-refractivity contribution in [3.8, 4) is 11.3 Å². The molecule has 0 bridgehead atoms. The van der Waals surface area contributed by atoms with Crippen molar-refractivity contribution in [3.63, 3.8) is 0 Å². The highest BCUT2D eigenvalue weighted by Gasteiger charge is 2.10. The van der Waals surface area contributed by atoms with Crippen LogP contribution in [0.2, 0.25) is 0 Å². The second-order valence-corrected chi connectivity index (χ2v) is 5.24. The van der Waals surface area contributed by atoms with Crippen molar-refractivity contribution < 1.29 is 0 Å². The highest BCUT2D eigenvalue weighted by atomic mass is 32.1. The Morgan fingerprint density at radius 3 is 2.36 bits per heavy atom. The second kappa shape index (κ2) is 6.41. The number of aromatic nitrogens is 2. The number of H-pyrrole nitrogens is 1. The van der Waals surface area contributed by atoms with Crippen molar-refractivity contribution >= 4 is 17.3 Å². The van der Waals surface area contributed by atoms with Crippen LogP contribution >= 0.6 is 12.2 Å². The minimum atomic E-state index is -0.178. The van der Waals surface area contributed by atoms with Crippen LogP contribution in [0.1, 0.15) is 5.56 Å². The number of hydrogen-bond donors (Lipinski definition) is 2. The number of aromatic amines is 1. The molecule has 0 atom stereocenters. The Morgan fingerprint density at radius 2 is 1.68 bits per heavy atom. The molecule has 110 valence electrons. The molecule has 1 aromatic heterocycles. The molecule has 5 heteroatoms. The molecule has 3 rings (SSSR count). The van der Waals surface area contributed by atoms with Gasteiger partial charge in [-0.3, -0.25) is 9.89 Å². The van der Waals surface area contributed by atoms with Crippen molar-refractivity contribution in [1.29, 1.82) is 0 Å². The van der Waals surface area contributed by atoms with E-state index in [0.717, 1.165) is 16.8 Å². The third kappa shape index (κ3) is 3.15. The summed E-state index contributed by atoms with van der Waals surface area (Å²) in [6, 6.07) is 21.2. The molecule has 0 saturated carbocycles. The van der Waals surface area contributed by atoms with E-state index in [1.165, 1.54) is 0 Å². The van der Waals surface area contributed by atoms with E-state index in [4.69, 9.17) is 12.2 Å². The van der Waals surface area contributed by atoms with Crippen LogP contribution in [-0.2, 0) is 6.54 Å². The number of nitrogens with one attached hydrogen (secondary N) is 2. The lowest BCUT2D eigenvalue weighted by molar-refractivity contribution is 0.832. The molecule has 0 unspecified atom stereocenters. The lowest BCUT2D eigenvalue weighted by Gasteiger charge is -2.12. The second-order valence-electron chi connectivity index (χ2n) is 4.85. The highest BCUT2D eigenvalue weighted by Crippen LogP contribution is 2.16. The Morgan fingerprint density at radius 1 is 1.05 bits per heavy atom. The molecule has 4 nitrogen and oxygen atoms in total. The van der Waals surface area contributed by atoms with E-state index in [9.17, 15) is 4.79 Å². The third-order valence-electron chi connectivity index (χ3n) is 3.29. The van der Waals surface area contributed by atoms with Crippen LogP contribution < -0.4 is 10.9 Å². The summed E-state index contributed by atoms with van der Waals surface area (Å²) >= 11 is 5.40. The van der Waals surface area contributed by atoms with E-state index >= 15 is 0 Å². The zero-order chi connectivity index (χ0) is 15.4. The van der Waals surface area contributed by atoms with Crippen molar-refractivity contribution in [3.05, 3.63) is 82.6 Å². The third-order valence-corrected chi connectivity index (χ3v) is 3.62. The standard InChI is InChI=1S/C17H15N3OS/c21-16-11-15(14-9-5-2-6-10-14)20(19-16)17(22)18-12-13-7-3-1-4-8-13/h1-11H,12H2,(H,18,22)(H,19,21). The summed E-state index contributed by atoms with van der Waals surface area (Å²) in [6.07, 6.45) is 0. The Hall–Kier alpha value is -2.66. The molecule has 2 aromatic carbocycles. The first kappa shape index (κ1) is 14.3. The molecule has 0 fully saturated rings. The molecular formula is C17H15N3OS. The van der Waals surface area contributed by atoms with Crippen molar-refractivity contribution in [2.75, 3.05) is 0 Å². The quantitative estimate of drug-likeness (QED) is 0.732. The predicted molar refractivity (Wildman–Crippen MR) is 91.8 cm³/mol. The molecule has 2 N–H and O–H groups in total. The summed E-state index contributed by atoms with van der Waals surface area (Å²) in [5.41, 5.74) is 2.63. The molecule has 22 heavy (non-hydrogen) atoms. The van der Waals surface area contributed by atoms with Gasteiger partial charge < -0.3 is 5.32 Å². The SMILES string of the molecule is O=c1cc(-c2ccccc2)n(C(=S)NCc2ccccc2)[nH]1. The van der Waals surface area contributed by atoms with E-state index in [0.29, 0.717) is 11.7 Å². The van der Waals surface area contributed by atoms with Gasteiger partial charge in [0.05, 0.1) is 5.69 Å². The van der Waals surface area contributed by atoms with E-state index in [2.05, 4.69) is 10.4 Å². The maximum atomic E-state index is 11.7. The Bertz CT molecular complexity index is 822. The number of hydrogen-bond acceptors (Lipinski definition) is 2. The van der Waals surface area contributed by atoms with Crippen molar-refractivity contribution in [2.45, 2.75) is 6.54 Å². The van der Waals surface area contributed by atoms with Gasteiger partial charge in [0, 0.05) is 18.2 Å². The van der Waals surface area contributed by atoms with Crippen LogP contribution in [0.4, 0.5) is 0 Å². The van der Waals surface area contributed by atoms with Crippen molar-refractivity contribution in [1.82, 2.24) is 15.1 Å².